The first kappa shape index (κ1) is 13.0. The van der Waals surface area contributed by atoms with Gasteiger partial charge in [0.1, 0.15) is 5.82 Å². The summed E-state index contributed by atoms with van der Waals surface area (Å²) in [6, 6.07) is 2.67. The van der Waals surface area contributed by atoms with Crippen LogP contribution < -0.4 is 11.5 Å². The van der Waals surface area contributed by atoms with E-state index in [4.69, 9.17) is 11.5 Å². The average molecular weight is 239 g/mol. The maximum atomic E-state index is 13.7. The van der Waals surface area contributed by atoms with Crippen molar-refractivity contribution in [1.29, 1.82) is 0 Å². The molecule has 0 aliphatic carbocycles. The number of halogens is 1. The van der Waals surface area contributed by atoms with Gasteiger partial charge in [-0.3, -0.25) is 9.59 Å². The molecule has 2 amide bonds. The van der Waals surface area contributed by atoms with Gasteiger partial charge in [-0.1, -0.05) is 0 Å². The number of benzene rings is 1. The van der Waals surface area contributed by atoms with Crippen molar-refractivity contribution in [3.05, 3.63) is 29.1 Å². The molecule has 1 aromatic rings. The van der Waals surface area contributed by atoms with Gasteiger partial charge in [-0.05, 0) is 24.6 Å². The van der Waals surface area contributed by atoms with E-state index in [1.807, 2.05) is 0 Å². The summed E-state index contributed by atoms with van der Waals surface area (Å²) in [7, 11) is 1.37. The highest BCUT2D eigenvalue weighted by Gasteiger charge is 2.19. The zero-order chi connectivity index (χ0) is 13.2. The Hall–Kier alpha value is -2.11. The minimum Gasteiger partial charge on any atom is -0.399 e. The maximum absolute atomic E-state index is 13.7. The Balaban J connectivity index is 3.08. The molecule has 17 heavy (non-hydrogen) atoms. The lowest BCUT2D eigenvalue weighted by molar-refractivity contribution is -0.118. The molecule has 1 rings (SSSR count). The minimum absolute atomic E-state index is 0.161. The van der Waals surface area contributed by atoms with Gasteiger partial charge in [0.05, 0.1) is 12.1 Å². The van der Waals surface area contributed by atoms with Crippen molar-refractivity contribution in [3.8, 4) is 0 Å². The molecule has 0 bridgehead atoms. The second-order valence-electron chi connectivity index (χ2n) is 3.83. The minimum atomic E-state index is -0.665. The summed E-state index contributed by atoms with van der Waals surface area (Å²) in [5, 5.41) is 0. The van der Waals surface area contributed by atoms with Crippen LogP contribution in [0.25, 0.3) is 0 Å². The van der Waals surface area contributed by atoms with E-state index in [-0.39, 0.29) is 17.7 Å². The van der Waals surface area contributed by atoms with Crippen molar-refractivity contribution in [3.63, 3.8) is 0 Å². The van der Waals surface area contributed by atoms with E-state index in [1.165, 1.54) is 26.1 Å². The topological polar surface area (TPSA) is 89.4 Å². The predicted molar refractivity (Wildman–Crippen MR) is 61.7 cm³/mol. The number of carbonyl (C=O) groups is 2. The molecule has 5 nitrogen and oxygen atoms in total. The lowest BCUT2D eigenvalue weighted by atomic mass is 10.1. The molecule has 0 radical (unpaired) electrons. The van der Waals surface area contributed by atoms with E-state index in [0.717, 1.165) is 4.90 Å². The fraction of sp³-hybridized carbons (Fsp3) is 0.273. The molecular weight excluding hydrogens is 225 g/mol. The number of likely N-dealkylation sites (N-methyl/N-ethyl adjacent to an activating group) is 1. The summed E-state index contributed by atoms with van der Waals surface area (Å²) in [6.45, 7) is 1.24. The molecule has 0 saturated carbocycles. The lowest BCUT2D eigenvalue weighted by Crippen LogP contribution is -2.35. The fourth-order valence-corrected chi connectivity index (χ4v) is 1.46. The number of amides is 2. The summed E-state index contributed by atoms with van der Waals surface area (Å²) in [6.07, 6.45) is 0. The molecule has 92 valence electrons. The number of hydrogen-bond donors (Lipinski definition) is 2. The first-order valence-corrected chi connectivity index (χ1v) is 4.92. The molecular formula is C11H14FN3O2. The number of primary amides is 1. The summed E-state index contributed by atoms with van der Waals surface area (Å²) in [4.78, 5) is 23.5. The van der Waals surface area contributed by atoms with E-state index < -0.39 is 17.6 Å². The molecule has 0 aliphatic heterocycles. The number of anilines is 1. The fourth-order valence-electron chi connectivity index (χ4n) is 1.46. The van der Waals surface area contributed by atoms with Gasteiger partial charge in [-0.2, -0.15) is 0 Å². The molecule has 4 N–H and O–H groups in total. The van der Waals surface area contributed by atoms with Gasteiger partial charge in [0.2, 0.25) is 5.91 Å². The highest BCUT2D eigenvalue weighted by molar-refractivity contribution is 5.97. The van der Waals surface area contributed by atoms with Crippen molar-refractivity contribution in [2.24, 2.45) is 5.73 Å². The Morgan fingerprint density at radius 2 is 2.00 bits per heavy atom. The van der Waals surface area contributed by atoms with Crippen LogP contribution in [0.15, 0.2) is 12.1 Å². The van der Waals surface area contributed by atoms with Crippen LogP contribution >= 0.6 is 0 Å². The van der Waals surface area contributed by atoms with Crippen molar-refractivity contribution in [1.82, 2.24) is 4.90 Å². The van der Waals surface area contributed by atoms with Crippen molar-refractivity contribution in [2.75, 3.05) is 19.3 Å². The maximum Gasteiger partial charge on any atom is 0.257 e. The summed E-state index contributed by atoms with van der Waals surface area (Å²) in [5.41, 5.74) is 10.9. The number of hydrogen-bond acceptors (Lipinski definition) is 3. The van der Waals surface area contributed by atoms with E-state index in [1.54, 1.807) is 0 Å². The number of nitrogen functional groups attached to an aromatic ring is 1. The van der Waals surface area contributed by atoms with Crippen LogP contribution in [0.3, 0.4) is 0 Å². The Morgan fingerprint density at radius 1 is 1.41 bits per heavy atom. The molecule has 1 aromatic carbocycles. The summed E-state index contributed by atoms with van der Waals surface area (Å²) in [5.74, 6) is -1.93. The predicted octanol–water partition coefficient (Wildman–Crippen LogP) is 0.274. The van der Waals surface area contributed by atoms with Crippen molar-refractivity contribution < 1.29 is 14.0 Å². The monoisotopic (exact) mass is 239 g/mol. The van der Waals surface area contributed by atoms with Crippen molar-refractivity contribution in [2.45, 2.75) is 6.92 Å². The van der Waals surface area contributed by atoms with Gasteiger partial charge < -0.3 is 16.4 Å². The highest BCUT2D eigenvalue weighted by atomic mass is 19.1. The standard InChI is InChI=1S/C11H14FN3O2/c1-6-3-7(13)4-8(10(6)12)11(17)15(2)5-9(14)16/h3-4H,5,13H2,1-2H3,(H2,14,16). The number of aryl methyl sites for hydroxylation is 1. The highest BCUT2D eigenvalue weighted by Crippen LogP contribution is 2.18. The Kier molecular flexibility index (Phi) is 3.67. The number of rotatable bonds is 3. The van der Waals surface area contributed by atoms with Crippen LogP contribution in [0.4, 0.5) is 10.1 Å². The zero-order valence-electron chi connectivity index (χ0n) is 9.66. The van der Waals surface area contributed by atoms with E-state index in [0.29, 0.717) is 5.69 Å². The van der Waals surface area contributed by atoms with Crippen LogP contribution in [0.1, 0.15) is 15.9 Å². The van der Waals surface area contributed by atoms with Crippen molar-refractivity contribution >= 4 is 17.5 Å². The molecule has 0 unspecified atom stereocenters. The van der Waals surface area contributed by atoms with Gasteiger partial charge >= 0.3 is 0 Å². The molecule has 0 saturated heterocycles. The first-order chi connectivity index (χ1) is 7.82. The van der Waals surface area contributed by atoms with Gasteiger partial charge in [-0.25, -0.2) is 4.39 Å². The van der Waals surface area contributed by atoms with E-state index >= 15 is 0 Å². The first-order valence-electron chi connectivity index (χ1n) is 4.92. The summed E-state index contributed by atoms with van der Waals surface area (Å²) < 4.78 is 13.7. The molecule has 0 atom stereocenters. The second kappa shape index (κ2) is 4.82. The second-order valence-corrected chi connectivity index (χ2v) is 3.83. The van der Waals surface area contributed by atoms with E-state index in [9.17, 15) is 14.0 Å². The molecule has 0 fully saturated rings. The Labute approximate surface area is 98.2 Å². The third kappa shape index (κ3) is 2.93. The smallest absolute Gasteiger partial charge is 0.257 e. The van der Waals surface area contributed by atoms with Crippen LogP contribution in [0.5, 0.6) is 0 Å². The number of nitrogens with two attached hydrogens (primary N) is 2. The molecule has 0 aromatic heterocycles. The van der Waals surface area contributed by atoms with Crippen LogP contribution in [-0.2, 0) is 4.79 Å². The van der Waals surface area contributed by atoms with Gasteiger partial charge in [-0.15, -0.1) is 0 Å². The Morgan fingerprint density at radius 3 is 2.53 bits per heavy atom. The van der Waals surface area contributed by atoms with Crippen LogP contribution in [0, 0.1) is 12.7 Å². The zero-order valence-corrected chi connectivity index (χ0v) is 9.66. The summed E-state index contributed by atoms with van der Waals surface area (Å²) >= 11 is 0. The van der Waals surface area contributed by atoms with Gasteiger partial charge in [0.15, 0.2) is 0 Å². The van der Waals surface area contributed by atoms with E-state index in [2.05, 4.69) is 0 Å². The van der Waals surface area contributed by atoms with Gasteiger partial charge in [0.25, 0.3) is 5.91 Å². The third-order valence-corrected chi connectivity index (χ3v) is 2.25. The molecule has 0 heterocycles. The van der Waals surface area contributed by atoms with Crippen LogP contribution in [0.2, 0.25) is 0 Å². The molecule has 0 spiro atoms. The number of nitrogens with zero attached hydrogens (tertiary/aromatic N) is 1. The third-order valence-electron chi connectivity index (χ3n) is 2.25. The number of carbonyl (C=O) groups excluding carboxylic acids is 2. The molecule has 0 aliphatic rings. The molecule has 6 heteroatoms. The lowest BCUT2D eigenvalue weighted by Gasteiger charge is -2.16. The SMILES string of the molecule is Cc1cc(N)cc(C(=O)N(C)CC(N)=O)c1F. The van der Waals surface area contributed by atoms with Crippen LogP contribution in [-0.4, -0.2) is 30.3 Å². The largest absolute Gasteiger partial charge is 0.399 e. The quantitative estimate of drug-likeness (QED) is 0.742. The van der Waals surface area contributed by atoms with Gasteiger partial charge in [0, 0.05) is 12.7 Å². The average Bonchev–Trinajstić information content (AvgIpc) is 2.21. The Bertz CT molecular complexity index is 474. The normalized spacial score (nSPS) is 10.1.